The Morgan fingerprint density at radius 2 is 2.20 bits per heavy atom. The van der Waals surface area contributed by atoms with Gasteiger partial charge in [-0.25, -0.2) is 4.39 Å². The molecule has 0 aromatic heterocycles. The lowest BCUT2D eigenvalue weighted by atomic mass is 10.3. The van der Waals surface area contributed by atoms with E-state index in [1.54, 1.807) is 0 Å². The number of hydrogen-bond acceptors (Lipinski definition) is 3. The minimum Gasteiger partial charge on any atom is -0.485 e. The number of ketones is 1. The Labute approximate surface area is 95.3 Å². The van der Waals surface area contributed by atoms with E-state index in [2.05, 4.69) is 20.7 Å². The molecule has 0 aliphatic heterocycles. The van der Waals surface area contributed by atoms with Crippen LogP contribution in [0.15, 0.2) is 22.7 Å². The van der Waals surface area contributed by atoms with Gasteiger partial charge in [-0.05, 0) is 34.1 Å². The molecule has 82 valence electrons. The molecular weight excluding hydrogens is 267 g/mol. The summed E-state index contributed by atoms with van der Waals surface area (Å²) >= 11 is 3.13. The van der Waals surface area contributed by atoms with E-state index in [4.69, 9.17) is 4.74 Å². The van der Waals surface area contributed by atoms with Crippen LogP contribution in [0.25, 0.3) is 0 Å². The lowest BCUT2D eigenvalue weighted by Gasteiger charge is -2.06. The molecule has 0 bridgehead atoms. The number of carbonyl (C=O) groups is 1. The van der Waals surface area contributed by atoms with Crippen LogP contribution in [0.4, 0.5) is 4.39 Å². The van der Waals surface area contributed by atoms with Crippen LogP contribution in [-0.4, -0.2) is 26.1 Å². The molecule has 0 spiro atoms. The van der Waals surface area contributed by atoms with Crippen molar-refractivity contribution in [1.29, 1.82) is 0 Å². The van der Waals surface area contributed by atoms with E-state index < -0.39 is 0 Å². The van der Waals surface area contributed by atoms with Crippen LogP contribution in [0.1, 0.15) is 0 Å². The predicted molar refractivity (Wildman–Crippen MR) is 56.5 cm³/mol. The van der Waals surface area contributed by atoms with Gasteiger partial charge in [-0.1, -0.05) is 0 Å². The number of Topliss-reactive ketones (excluding diaryl/α,β-unsaturated/α-hetero) is 1. The van der Waals surface area contributed by atoms with Crippen LogP contribution >= 0.6 is 15.9 Å². The summed E-state index contributed by atoms with van der Waals surface area (Å²) in [5, 5.41) is 0. The van der Waals surface area contributed by atoms with Crippen molar-refractivity contribution < 1.29 is 18.7 Å². The van der Waals surface area contributed by atoms with Gasteiger partial charge in [0.05, 0.1) is 4.47 Å². The summed E-state index contributed by atoms with van der Waals surface area (Å²) in [6, 6.07) is 4.00. The smallest absolute Gasteiger partial charge is 0.195 e. The number of halogens is 2. The van der Waals surface area contributed by atoms with Crippen LogP contribution in [0.2, 0.25) is 0 Å². The zero-order valence-corrected chi connectivity index (χ0v) is 9.71. The summed E-state index contributed by atoms with van der Waals surface area (Å²) in [6.07, 6.45) is 0. The first-order chi connectivity index (χ1) is 7.13. The van der Waals surface area contributed by atoms with Crippen molar-refractivity contribution >= 4 is 21.7 Å². The van der Waals surface area contributed by atoms with Gasteiger partial charge in [0.1, 0.15) is 24.8 Å². The third-order valence-electron chi connectivity index (χ3n) is 1.59. The monoisotopic (exact) mass is 276 g/mol. The topological polar surface area (TPSA) is 35.5 Å². The first-order valence-electron chi connectivity index (χ1n) is 4.22. The van der Waals surface area contributed by atoms with Gasteiger partial charge in [0.25, 0.3) is 0 Å². The standard InChI is InChI=1S/C10H10BrFO3/c1-14-5-8(13)6-15-10-3-2-7(12)4-9(10)11/h2-4H,5-6H2,1H3. The summed E-state index contributed by atoms with van der Waals surface area (Å²) in [4.78, 5) is 11.1. The maximum atomic E-state index is 12.7. The van der Waals surface area contributed by atoms with Crippen LogP contribution in [0.3, 0.4) is 0 Å². The first-order valence-corrected chi connectivity index (χ1v) is 5.01. The fourth-order valence-electron chi connectivity index (χ4n) is 0.953. The van der Waals surface area contributed by atoms with E-state index in [0.29, 0.717) is 10.2 Å². The molecule has 1 aromatic carbocycles. The predicted octanol–water partition coefficient (Wildman–Crippen LogP) is 2.18. The van der Waals surface area contributed by atoms with Gasteiger partial charge in [-0.3, -0.25) is 4.79 Å². The van der Waals surface area contributed by atoms with Crippen molar-refractivity contribution in [3.63, 3.8) is 0 Å². The molecule has 0 radical (unpaired) electrons. The van der Waals surface area contributed by atoms with Gasteiger partial charge >= 0.3 is 0 Å². The SMILES string of the molecule is COCC(=O)COc1ccc(F)cc1Br. The largest absolute Gasteiger partial charge is 0.485 e. The highest BCUT2D eigenvalue weighted by atomic mass is 79.9. The van der Waals surface area contributed by atoms with Crippen molar-refractivity contribution in [3.8, 4) is 5.75 Å². The van der Waals surface area contributed by atoms with Crippen molar-refractivity contribution in [1.82, 2.24) is 0 Å². The molecule has 1 rings (SSSR count). The molecule has 0 aliphatic rings. The Balaban J connectivity index is 2.54. The van der Waals surface area contributed by atoms with Gasteiger partial charge in [0.15, 0.2) is 5.78 Å². The quantitative estimate of drug-likeness (QED) is 0.827. The van der Waals surface area contributed by atoms with E-state index in [-0.39, 0.29) is 24.8 Å². The molecule has 5 heteroatoms. The molecule has 0 unspecified atom stereocenters. The van der Waals surface area contributed by atoms with E-state index in [0.717, 1.165) is 0 Å². The highest BCUT2D eigenvalue weighted by molar-refractivity contribution is 9.10. The highest BCUT2D eigenvalue weighted by Gasteiger charge is 2.06. The Bertz CT molecular complexity index is 355. The van der Waals surface area contributed by atoms with E-state index >= 15 is 0 Å². The van der Waals surface area contributed by atoms with Crippen molar-refractivity contribution in [2.45, 2.75) is 0 Å². The minimum atomic E-state index is -0.363. The molecule has 0 atom stereocenters. The molecule has 0 aliphatic carbocycles. The maximum Gasteiger partial charge on any atom is 0.195 e. The molecular formula is C10H10BrFO3. The van der Waals surface area contributed by atoms with Gasteiger partial charge < -0.3 is 9.47 Å². The van der Waals surface area contributed by atoms with E-state index in [1.165, 1.54) is 25.3 Å². The van der Waals surface area contributed by atoms with E-state index in [9.17, 15) is 9.18 Å². The molecule has 0 fully saturated rings. The lowest BCUT2D eigenvalue weighted by molar-refractivity contribution is -0.124. The Morgan fingerprint density at radius 3 is 2.80 bits per heavy atom. The van der Waals surface area contributed by atoms with Gasteiger partial charge in [-0.2, -0.15) is 0 Å². The fourth-order valence-corrected chi connectivity index (χ4v) is 1.42. The van der Waals surface area contributed by atoms with Gasteiger partial charge in [-0.15, -0.1) is 0 Å². The number of hydrogen-bond donors (Lipinski definition) is 0. The Kier molecular flexibility index (Phi) is 4.71. The molecule has 0 saturated heterocycles. The summed E-state index contributed by atoms with van der Waals surface area (Å²) in [5.41, 5.74) is 0. The second-order valence-electron chi connectivity index (χ2n) is 2.84. The average molecular weight is 277 g/mol. The van der Waals surface area contributed by atoms with Gasteiger partial charge in [0, 0.05) is 7.11 Å². The van der Waals surface area contributed by atoms with Crippen LogP contribution in [-0.2, 0) is 9.53 Å². The van der Waals surface area contributed by atoms with Crippen molar-refractivity contribution in [2.75, 3.05) is 20.3 Å². The Hall–Kier alpha value is -0.940. The minimum absolute atomic E-state index is 0.0127. The molecule has 3 nitrogen and oxygen atoms in total. The van der Waals surface area contributed by atoms with Crippen LogP contribution < -0.4 is 4.74 Å². The molecule has 15 heavy (non-hydrogen) atoms. The molecule has 0 heterocycles. The molecule has 1 aromatic rings. The molecule has 0 N–H and O–H groups in total. The van der Waals surface area contributed by atoms with Crippen molar-refractivity contribution in [2.24, 2.45) is 0 Å². The van der Waals surface area contributed by atoms with E-state index in [1.807, 2.05) is 0 Å². The number of carbonyl (C=O) groups excluding carboxylic acids is 1. The maximum absolute atomic E-state index is 12.7. The summed E-state index contributed by atoms with van der Waals surface area (Å²) < 4.78 is 23.0. The fraction of sp³-hybridized carbons (Fsp3) is 0.300. The first kappa shape index (κ1) is 12.1. The number of methoxy groups -OCH3 is 1. The second kappa shape index (κ2) is 5.82. The van der Waals surface area contributed by atoms with Gasteiger partial charge in [0.2, 0.25) is 0 Å². The summed E-state index contributed by atoms with van der Waals surface area (Å²) in [6.45, 7) is -0.0725. The second-order valence-corrected chi connectivity index (χ2v) is 3.69. The highest BCUT2D eigenvalue weighted by Crippen LogP contribution is 2.25. The summed E-state index contributed by atoms with van der Waals surface area (Å²) in [5.74, 6) is -0.105. The molecule has 0 saturated carbocycles. The van der Waals surface area contributed by atoms with Crippen LogP contribution in [0.5, 0.6) is 5.75 Å². The number of benzene rings is 1. The Morgan fingerprint density at radius 1 is 1.47 bits per heavy atom. The normalized spacial score (nSPS) is 10.1. The average Bonchev–Trinajstić information content (AvgIpc) is 2.17. The zero-order chi connectivity index (χ0) is 11.3. The number of ether oxygens (including phenoxy) is 2. The lowest BCUT2D eigenvalue weighted by Crippen LogP contribution is -2.16. The van der Waals surface area contributed by atoms with Crippen molar-refractivity contribution in [3.05, 3.63) is 28.5 Å². The third-order valence-corrected chi connectivity index (χ3v) is 2.21. The third kappa shape index (κ3) is 3.97. The molecule has 0 amide bonds. The zero-order valence-electron chi connectivity index (χ0n) is 8.13. The summed E-state index contributed by atoms with van der Waals surface area (Å²) in [7, 11) is 1.44. The van der Waals surface area contributed by atoms with Crippen LogP contribution in [0, 0.1) is 5.82 Å². The number of rotatable bonds is 5.